The third-order valence-electron chi connectivity index (χ3n) is 3.84. The highest BCUT2D eigenvalue weighted by Gasteiger charge is 2.39. The van der Waals surface area contributed by atoms with E-state index in [-0.39, 0.29) is 16.1 Å². The first kappa shape index (κ1) is 21.8. The zero-order chi connectivity index (χ0) is 21.3. The predicted octanol–water partition coefficient (Wildman–Crippen LogP) is 6.72. The molecular formula is C19H13ClF6O2. The van der Waals surface area contributed by atoms with Crippen molar-refractivity contribution in [2.45, 2.75) is 25.2 Å². The highest BCUT2D eigenvalue weighted by atomic mass is 35.5. The Morgan fingerprint density at radius 1 is 1.07 bits per heavy atom. The molecule has 1 N–H and O–H groups in total. The molecule has 0 radical (unpaired) electrons. The van der Waals surface area contributed by atoms with Crippen LogP contribution in [-0.2, 0) is 6.18 Å². The van der Waals surface area contributed by atoms with Crippen LogP contribution < -0.4 is 0 Å². The van der Waals surface area contributed by atoms with Crippen LogP contribution in [0.2, 0.25) is 5.02 Å². The van der Waals surface area contributed by atoms with Gasteiger partial charge in [-0.15, -0.1) is 0 Å². The predicted molar refractivity (Wildman–Crippen MR) is 92.4 cm³/mol. The van der Waals surface area contributed by atoms with E-state index in [9.17, 15) is 31.1 Å². The van der Waals surface area contributed by atoms with Gasteiger partial charge in [-0.1, -0.05) is 35.9 Å². The van der Waals surface area contributed by atoms with Gasteiger partial charge < -0.3 is 5.11 Å². The second kappa shape index (κ2) is 7.87. The molecule has 0 aliphatic carbocycles. The fourth-order valence-corrected chi connectivity index (χ4v) is 2.95. The molecule has 2 nitrogen and oxygen atoms in total. The zero-order valence-corrected chi connectivity index (χ0v) is 15.0. The molecule has 2 aromatic rings. The molecular weight excluding hydrogens is 410 g/mol. The van der Waals surface area contributed by atoms with Gasteiger partial charge in [0, 0.05) is 5.02 Å². The van der Waals surface area contributed by atoms with E-state index in [1.165, 1.54) is 12.1 Å². The van der Waals surface area contributed by atoms with Gasteiger partial charge in [0.05, 0.1) is 17.0 Å². The summed E-state index contributed by atoms with van der Waals surface area (Å²) in [6.45, 7) is 1.56. The Kier molecular flexibility index (Phi) is 6.13. The second-order valence-corrected chi connectivity index (χ2v) is 6.48. The highest BCUT2D eigenvalue weighted by Crippen LogP contribution is 2.38. The molecule has 0 saturated heterocycles. The van der Waals surface area contributed by atoms with Gasteiger partial charge in [-0.25, -0.2) is 4.79 Å². The van der Waals surface area contributed by atoms with Crippen molar-refractivity contribution in [1.82, 2.24) is 0 Å². The van der Waals surface area contributed by atoms with Crippen molar-refractivity contribution in [3.63, 3.8) is 0 Å². The van der Waals surface area contributed by atoms with E-state index in [4.69, 9.17) is 16.7 Å². The largest absolute Gasteiger partial charge is 0.478 e. The Hall–Kier alpha value is -2.48. The van der Waals surface area contributed by atoms with Crippen molar-refractivity contribution in [2.75, 3.05) is 0 Å². The van der Waals surface area contributed by atoms with Gasteiger partial charge in [0.15, 0.2) is 0 Å². The molecule has 2 aromatic carbocycles. The van der Waals surface area contributed by atoms with Crippen molar-refractivity contribution in [3.05, 3.63) is 75.3 Å². The Labute approximate surface area is 161 Å². The molecule has 28 heavy (non-hydrogen) atoms. The van der Waals surface area contributed by atoms with E-state index in [0.717, 1.165) is 18.2 Å². The number of hydrogen-bond donors (Lipinski definition) is 1. The average molecular weight is 423 g/mol. The van der Waals surface area contributed by atoms with Crippen LogP contribution in [0.25, 0.3) is 6.08 Å². The van der Waals surface area contributed by atoms with Crippen LogP contribution in [0.5, 0.6) is 0 Å². The lowest BCUT2D eigenvalue weighted by atomic mass is 9.95. The minimum absolute atomic E-state index is 0.0998. The van der Waals surface area contributed by atoms with E-state index >= 15 is 0 Å². The number of carboxylic acids is 1. The maximum atomic E-state index is 13.5. The third-order valence-corrected chi connectivity index (χ3v) is 4.05. The first-order valence-electron chi connectivity index (χ1n) is 7.75. The van der Waals surface area contributed by atoms with Crippen LogP contribution in [0.4, 0.5) is 26.3 Å². The number of carbonyl (C=O) groups is 1. The van der Waals surface area contributed by atoms with E-state index in [1.54, 1.807) is 6.92 Å². The summed E-state index contributed by atoms with van der Waals surface area (Å²) in [4.78, 5) is 10.9. The summed E-state index contributed by atoms with van der Waals surface area (Å²) in [6, 6.07) is 6.09. The molecule has 0 aliphatic heterocycles. The van der Waals surface area contributed by atoms with E-state index in [0.29, 0.717) is 23.8 Å². The lowest BCUT2D eigenvalue weighted by molar-refractivity contribution is -0.139. The van der Waals surface area contributed by atoms with Crippen molar-refractivity contribution >= 4 is 23.6 Å². The van der Waals surface area contributed by atoms with Crippen LogP contribution in [0.1, 0.15) is 38.5 Å². The SMILES string of the molecule is Cc1cc(Cl)cc(C(/C=C/c2ccc(C(=O)O)c(C(F)(F)F)c2)C(F)(F)F)c1. The smallest absolute Gasteiger partial charge is 0.417 e. The quantitative estimate of drug-likeness (QED) is 0.555. The molecule has 0 saturated carbocycles. The van der Waals surface area contributed by atoms with Gasteiger partial charge >= 0.3 is 18.3 Å². The minimum atomic E-state index is -4.97. The zero-order valence-electron chi connectivity index (χ0n) is 14.2. The number of allylic oxidation sites excluding steroid dienone is 1. The van der Waals surface area contributed by atoms with Crippen molar-refractivity contribution in [3.8, 4) is 0 Å². The number of carboxylic acid groups (broad SMARTS) is 1. The Morgan fingerprint density at radius 2 is 1.71 bits per heavy atom. The van der Waals surface area contributed by atoms with Gasteiger partial charge in [-0.3, -0.25) is 0 Å². The number of hydrogen-bond acceptors (Lipinski definition) is 1. The average Bonchev–Trinajstić information content (AvgIpc) is 2.51. The number of benzene rings is 2. The van der Waals surface area contributed by atoms with Crippen LogP contribution >= 0.6 is 11.6 Å². The van der Waals surface area contributed by atoms with Crippen LogP contribution in [-0.4, -0.2) is 17.3 Å². The fourth-order valence-electron chi connectivity index (χ4n) is 2.65. The van der Waals surface area contributed by atoms with Gasteiger partial charge in [0.25, 0.3) is 0 Å². The summed E-state index contributed by atoms with van der Waals surface area (Å²) in [6.07, 6.45) is -8.09. The maximum Gasteiger partial charge on any atom is 0.417 e. The molecule has 1 atom stereocenters. The highest BCUT2D eigenvalue weighted by molar-refractivity contribution is 6.30. The molecule has 150 valence electrons. The van der Waals surface area contributed by atoms with Gasteiger partial charge in [-0.05, 0) is 47.9 Å². The molecule has 0 aliphatic rings. The van der Waals surface area contributed by atoms with E-state index in [1.807, 2.05) is 0 Å². The Morgan fingerprint density at radius 3 is 2.21 bits per heavy atom. The lowest BCUT2D eigenvalue weighted by Gasteiger charge is -2.18. The molecule has 0 heterocycles. The summed E-state index contributed by atoms with van der Waals surface area (Å²) in [5.41, 5.74) is -2.31. The summed E-state index contributed by atoms with van der Waals surface area (Å²) >= 11 is 5.81. The number of halogens is 7. The van der Waals surface area contributed by atoms with E-state index < -0.39 is 35.4 Å². The van der Waals surface area contributed by atoms with Crippen molar-refractivity contribution in [1.29, 1.82) is 0 Å². The summed E-state index contributed by atoms with van der Waals surface area (Å²) in [5.74, 6) is -3.89. The third kappa shape index (κ3) is 5.28. The first-order chi connectivity index (χ1) is 12.8. The molecule has 0 amide bonds. The molecule has 9 heteroatoms. The molecule has 0 spiro atoms. The molecule has 2 rings (SSSR count). The van der Waals surface area contributed by atoms with Crippen LogP contribution in [0.15, 0.2) is 42.5 Å². The van der Waals surface area contributed by atoms with Crippen LogP contribution in [0, 0.1) is 6.92 Å². The summed E-state index contributed by atoms with van der Waals surface area (Å²) < 4.78 is 79.5. The van der Waals surface area contributed by atoms with Crippen LogP contribution in [0.3, 0.4) is 0 Å². The maximum absolute atomic E-state index is 13.5. The minimum Gasteiger partial charge on any atom is -0.478 e. The van der Waals surface area contributed by atoms with Gasteiger partial charge in [0.2, 0.25) is 0 Å². The number of aromatic carboxylic acids is 1. The standard InChI is InChI=1S/C19H13ClF6O2/c1-10-6-12(9-13(20)7-10)15(18(21,22)23)5-3-11-2-4-14(17(27)28)16(8-11)19(24,25)26/h2-9,15H,1H3,(H,27,28)/b5-3+. The molecule has 0 aromatic heterocycles. The fraction of sp³-hybridized carbons (Fsp3) is 0.211. The lowest BCUT2D eigenvalue weighted by Crippen LogP contribution is -2.19. The topological polar surface area (TPSA) is 37.3 Å². The monoisotopic (exact) mass is 422 g/mol. The summed E-state index contributed by atoms with van der Waals surface area (Å²) in [7, 11) is 0. The van der Waals surface area contributed by atoms with E-state index in [2.05, 4.69) is 0 Å². The normalized spacial score (nSPS) is 13.7. The molecule has 0 fully saturated rings. The number of alkyl halides is 6. The summed E-state index contributed by atoms with van der Waals surface area (Å²) in [5, 5.41) is 8.97. The van der Waals surface area contributed by atoms with Gasteiger partial charge in [0.1, 0.15) is 0 Å². The number of rotatable bonds is 4. The Balaban J connectivity index is 2.49. The van der Waals surface area contributed by atoms with Gasteiger partial charge in [-0.2, -0.15) is 26.3 Å². The molecule has 1 unspecified atom stereocenters. The molecule has 0 bridgehead atoms. The first-order valence-corrected chi connectivity index (χ1v) is 8.13. The Bertz CT molecular complexity index is 895. The van der Waals surface area contributed by atoms with Crippen molar-refractivity contribution < 1.29 is 36.2 Å². The second-order valence-electron chi connectivity index (χ2n) is 6.05. The van der Waals surface area contributed by atoms with Crippen molar-refractivity contribution in [2.24, 2.45) is 0 Å². The number of aryl methyl sites for hydroxylation is 1.